The van der Waals surface area contributed by atoms with Gasteiger partial charge in [0.25, 0.3) is 0 Å². The van der Waals surface area contributed by atoms with E-state index in [0.29, 0.717) is 0 Å². The topological polar surface area (TPSA) is 12.0 Å². The molecule has 1 N–H and O–H groups in total. The van der Waals surface area contributed by atoms with Crippen molar-refractivity contribution in [3.05, 3.63) is 0 Å². The fourth-order valence-electron chi connectivity index (χ4n) is 3.78. The number of hydrogen-bond acceptors (Lipinski definition) is 1. The van der Waals surface area contributed by atoms with Crippen molar-refractivity contribution in [1.82, 2.24) is 5.32 Å². The normalized spacial score (nSPS) is 27.3. The molecule has 1 rings (SSSR count). The standard InChI is InChI=1S/C17H35N/c1-5-8-11-15(6-2)13-17(18-7-3)16-12-9-10-14(16)4/h14-18H,5-13H2,1-4H3. The van der Waals surface area contributed by atoms with E-state index >= 15 is 0 Å². The SMILES string of the molecule is CCCCC(CC)CC(NCC)C1CCCC1C. The third kappa shape index (κ3) is 4.91. The van der Waals surface area contributed by atoms with Gasteiger partial charge in [-0.25, -0.2) is 0 Å². The first-order chi connectivity index (χ1) is 8.72. The predicted octanol–water partition coefficient (Wildman–Crippen LogP) is 5.01. The predicted molar refractivity (Wildman–Crippen MR) is 81.9 cm³/mol. The molecule has 0 heterocycles. The van der Waals surface area contributed by atoms with E-state index in [2.05, 4.69) is 33.0 Å². The molecule has 1 saturated carbocycles. The Morgan fingerprint density at radius 2 is 1.94 bits per heavy atom. The van der Waals surface area contributed by atoms with Crippen molar-refractivity contribution in [2.75, 3.05) is 6.54 Å². The molecule has 1 aliphatic rings. The van der Waals surface area contributed by atoms with Gasteiger partial charge in [-0.1, -0.05) is 66.2 Å². The summed E-state index contributed by atoms with van der Waals surface area (Å²) in [6.45, 7) is 10.6. The van der Waals surface area contributed by atoms with Crippen molar-refractivity contribution < 1.29 is 0 Å². The summed E-state index contributed by atoms with van der Waals surface area (Å²) in [5.41, 5.74) is 0. The third-order valence-corrected chi connectivity index (χ3v) is 5.04. The monoisotopic (exact) mass is 253 g/mol. The maximum Gasteiger partial charge on any atom is 0.0100 e. The van der Waals surface area contributed by atoms with Crippen LogP contribution in [0.4, 0.5) is 0 Å². The van der Waals surface area contributed by atoms with Gasteiger partial charge in [0.2, 0.25) is 0 Å². The van der Waals surface area contributed by atoms with Crippen molar-refractivity contribution in [1.29, 1.82) is 0 Å². The second-order valence-electron chi connectivity index (χ2n) is 6.39. The van der Waals surface area contributed by atoms with Gasteiger partial charge in [0, 0.05) is 6.04 Å². The molecular formula is C17H35N. The van der Waals surface area contributed by atoms with E-state index in [1.165, 1.54) is 51.4 Å². The van der Waals surface area contributed by atoms with E-state index in [4.69, 9.17) is 0 Å². The van der Waals surface area contributed by atoms with Gasteiger partial charge in [-0.05, 0) is 37.1 Å². The quantitative estimate of drug-likeness (QED) is 0.609. The van der Waals surface area contributed by atoms with E-state index in [-0.39, 0.29) is 0 Å². The lowest BCUT2D eigenvalue weighted by Crippen LogP contribution is -2.39. The van der Waals surface area contributed by atoms with Gasteiger partial charge in [-0.15, -0.1) is 0 Å². The van der Waals surface area contributed by atoms with Crippen LogP contribution < -0.4 is 5.32 Å². The Labute approximate surface area is 115 Å². The molecule has 4 atom stereocenters. The molecule has 108 valence electrons. The minimum absolute atomic E-state index is 0.786. The molecule has 0 radical (unpaired) electrons. The van der Waals surface area contributed by atoms with Gasteiger partial charge in [-0.3, -0.25) is 0 Å². The van der Waals surface area contributed by atoms with Crippen LogP contribution in [0.5, 0.6) is 0 Å². The van der Waals surface area contributed by atoms with Crippen molar-refractivity contribution in [3.63, 3.8) is 0 Å². The second kappa shape index (κ2) is 8.96. The molecule has 1 heteroatoms. The average molecular weight is 253 g/mol. The Hall–Kier alpha value is -0.0400. The molecule has 0 aromatic rings. The highest BCUT2D eigenvalue weighted by Gasteiger charge is 2.31. The molecule has 1 fully saturated rings. The van der Waals surface area contributed by atoms with Crippen LogP contribution in [-0.2, 0) is 0 Å². The lowest BCUT2D eigenvalue weighted by molar-refractivity contribution is 0.244. The average Bonchev–Trinajstić information content (AvgIpc) is 2.79. The highest BCUT2D eigenvalue weighted by molar-refractivity contribution is 4.86. The summed E-state index contributed by atoms with van der Waals surface area (Å²) in [7, 11) is 0. The first-order valence-corrected chi connectivity index (χ1v) is 8.46. The van der Waals surface area contributed by atoms with Gasteiger partial charge in [0.15, 0.2) is 0 Å². The summed E-state index contributed by atoms with van der Waals surface area (Å²) in [5.74, 6) is 2.83. The molecule has 1 aliphatic carbocycles. The third-order valence-electron chi connectivity index (χ3n) is 5.04. The summed E-state index contributed by atoms with van der Waals surface area (Å²) >= 11 is 0. The van der Waals surface area contributed by atoms with Gasteiger partial charge < -0.3 is 5.32 Å². The van der Waals surface area contributed by atoms with Crippen molar-refractivity contribution in [3.8, 4) is 0 Å². The number of hydrogen-bond donors (Lipinski definition) is 1. The smallest absolute Gasteiger partial charge is 0.0100 e. The number of unbranched alkanes of at least 4 members (excludes halogenated alkanes) is 1. The molecule has 0 bridgehead atoms. The van der Waals surface area contributed by atoms with Gasteiger partial charge in [-0.2, -0.15) is 0 Å². The first kappa shape index (κ1) is 16.0. The van der Waals surface area contributed by atoms with Gasteiger partial charge in [0.1, 0.15) is 0 Å². The molecule has 1 nitrogen and oxygen atoms in total. The Bertz CT molecular complexity index is 202. The van der Waals surface area contributed by atoms with Crippen molar-refractivity contribution >= 4 is 0 Å². The maximum atomic E-state index is 3.80. The first-order valence-electron chi connectivity index (χ1n) is 8.46. The van der Waals surface area contributed by atoms with Crippen molar-refractivity contribution in [2.24, 2.45) is 17.8 Å². The molecule has 18 heavy (non-hydrogen) atoms. The Balaban J connectivity index is 2.49. The van der Waals surface area contributed by atoms with Crippen molar-refractivity contribution in [2.45, 2.75) is 85.1 Å². The minimum Gasteiger partial charge on any atom is -0.314 e. The second-order valence-corrected chi connectivity index (χ2v) is 6.39. The van der Waals surface area contributed by atoms with Gasteiger partial charge >= 0.3 is 0 Å². The van der Waals surface area contributed by atoms with Crippen LogP contribution in [0.15, 0.2) is 0 Å². The molecule has 0 spiro atoms. The zero-order valence-corrected chi connectivity index (χ0v) is 13.2. The van der Waals surface area contributed by atoms with E-state index < -0.39 is 0 Å². The van der Waals surface area contributed by atoms with Gasteiger partial charge in [0.05, 0.1) is 0 Å². The minimum atomic E-state index is 0.786. The van der Waals surface area contributed by atoms with E-state index in [1.807, 2.05) is 0 Å². The van der Waals surface area contributed by atoms with Crippen LogP contribution in [0.3, 0.4) is 0 Å². The van der Waals surface area contributed by atoms with Crippen LogP contribution >= 0.6 is 0 Å². The molecule has 0 aromatic heterocycles. The maximum absolute atomic E-state index is 3.80. The lowest BCUT2D eigenvalue weighted by atomic mass is 9.82. The highest BCUT2D eigenvalue weighted by atomic mass is 14.9. The lowest BCUT2D eigenvalue weighted by Gasteiger charge is -2.31. The number of rotatable bonds is 9. The van der Waals surface area contributed by atoms with E-state index in [0.717, 1.165) is 30.3 Å². The summed E-state index contributed by atoms with van der Waals surface area (Å²) in [6, 6.07) is 0.786. The van der Waals surface area contributed by atoms with Crippen LogP contribution in [0, 0.1) is 17.8 Å². The summed E-state index contributed by atoms with van der Waals surface area (Å²) in [4.78, 5) is 0. The molecule has 4 unspecified atom stereocenters. The zero-order chi connectivity index (χ0) is 13.4. The summed E-state index contributed by atoms with van der Waals surface area (Å²) in [6.07, 6.45) is 11.4. The fraction of sp³-hybridized carbons (Fsp3) is 1.00. The fourth-order valence-corrected chi connectivity index (χ4v) is 3.78. The largest absolute Gasteiger partial charge is 0.314 e. The molecular weight excluding hydrogens is 218 g/mol. The Kier molecular flexibility index (Phi) is 7.97. The molecule has 0 aromatic carbocycles. The van der Waals surface area contributed by atoms with Crippen LogP contribution in [-0.4, -0.2) is 12.6 Å². The van der Waals surface area contributed by atoms with Crippen LogP contribution in [0.1, 0.15) is 79.1 Å². The molecule has 0 amide bonds. The molecule has 0 aliphatic heterocycles. The van der Waals surface area contributed by atoms with Crippen LogP contribution in [0.25, 0.3) is 0 Å². The summed E-state index contributed by atoms with van der Waals surface area (Å²) < 4.78 is 0. The van der Waals surface area contributed by atoms with E-state index in [1.54, 1.807) is 0 Å². The Morgan fingerprint density at radius 1 is 1.17 bits per heavy atom. The number of nitrogens with one attached hydrogen (secondary N) is 1. The highest BCUT2D eigenvalue weighted by Crippen LogP contribution is 2.36. The van der Waals surface area contributed by atoms with Crippen LogP contribution in [0.2, 0.25) is 0 Å². The summed E-state index contributed by atoms with van der Waals surface area (Å²) in [5, 5.41) is 3.80. The Morgan fingerprint density at radius 3 is 2.44 bits per heavy atom. The molecule has 0 saturated heterocycles. The van der Waals surface area contributed by atoms with E-state index in [9.17, 15) is 0 Å². The zero-order valence-electron chi connectivity index (χ0n) is 13.2.